The molecule has 94 valence electrons. The van der Waals surface area contributed by atoms with Gasteiger partial charge in [0.15, 0.2) is 0 Å². The van der Waals surface area contributed by atoms with Crippen LogP contribution in [0.15, 0.2) is 30.3 Å². The third-order valence-electron chi connectivity index (χ3n) is 2.61. The second-order valence-corrected chi connectivity index (χ2v) is 4.12. The highest BCUT2D eigenvalue weighted by Crippen LogP contribution is 2.11. The number of nitrogens with one attached hydrogen (secondary N) is 1. The van der Waals surface area contributed by atoms with Gasteiger partial charge in [0, 0.05) is 0 Å². The number of ether oxygens (including phenoxy) is 1. The Morgan fingerprint density at radius 2 is 2.00 bits per heavy atom. The monoisotopic (exact) mass is 235 g/mol. The van der Waals surface area contributed by atoms with Crippen molar-refractivity contribution in [1.82, 2.24) is 5.32 Å². The van der Waals surface area contributed by atoms with Crippen molar-refractivity contribution in [2.45, 2.75) is 39.2 Å². The molecule has 1 aromatic carbocycles. The normalized spacial score (nSPS) is 11.9. The minimum Gasteiger partial charge on any atom is -0.450 e. The highest BCUT2D eigenvalue weighted by molar-refractivity contribution is 5.67. The largest absolute Gasteiger partial charge is 0.450 e. The maximum absolute atomic E-state index is 11.5. The van der Waals surface area contributed by atoms with Gasteiger partial charge in [0.2, 0.25) is 0 Å². The predicted octanol–water partition coefficient (Wildman–Crippen LogP) is 3.66. The SMILES string of the molecule is CCCCCOC(=O)N[C@H](C)c1ccccc1. The summed E-state index contributed by atoms with van der Waals surface area (Å²) in [5, 5.41) is 2.81. The molecule has 1 atom stereocenters. The molecule has 0 radical (unpaired) electrons. The minimum atomic E-state index is -0.336. The Morgan fingerprint density at radius 3 is 2.65 bits per heavy atom. The Balaban J connectivity index is 2.26. The average molecular weight is 235 g/mol. The van der Waals surface area contributed by atoms with Crippen LogP contribution in [0.1, 0.15) is 44.7 Å². The second kappa shape index (κ2) is 7.71. The van der Waals surface area contributed by atoms with Crippen LogP contribution in [0.25, 0.3) is 0 Å². The quantitative estimate of drug-likeness (QED) is 0.764. The average Bonchev–Trinajstić information content (AvgIpc) is 2.36. The van der Waals surface area contributed by atoms with Gasteiger partial charge in [0.1, 0.15) is 0 Å². The molecular formula is C14H21NO2. The minimum absolute atomic E-state index is 0.0186. The van der Waals surface area contributed by atoms with Crippen molar-refractivity contribution in [1.29, 1.82) is 0 Å². The third-order valence-corrected chi connectivity index (χ3v) is 2.61. The lowest BCUT2D eigenvalue weighted by Crippen LogP contribution is -2.27. The second-order valence-electron chi connectivity index (χ2n) is 4.12. The van der Waals surface area contributed by atoms with E-state index in [2.05, 4.69) is 12.2 Å². The molecule has 3 nitrogen and oxygen atoms in total. The summed E-state index contributed by atoms with van der Waals surface area (Å²) < 4.78 is 5.09. The van der Waals surface area contributed by atoms with E-state index in [-0.39, 0.29) is 12.1 Å². The fourth-order valence-electron chi connectivity index (χ4n) is 1.56. The molecule has 0 unspecified atom stereocenters. The van der Waals surface area contributed by atoms with E-state index in [4.69, 9.17) is 4.74 Å². The van der Waals surface area contributed by atoms with E-state index >= 15 is 0 Å². The summed E-state index contributed by atoms with van der Waals surface area (Å²) in [7, 11) is 0. The van der Waals surface area contributed by atoms with Gasteiger partial charge in [-0.25, -0.2) is 4.79 Å². The van der Waals surface area contributed by atoms with Gasteiger partial charge in [-0.2, -0.15) is 0 Å². The van der Waals surface area contributed by atoms with Crippen LogP contribution in [0.5, 0.6) is 0 Å². The molecule has 1 N–H and O–H groups in total. The molecular weight excluding hydrogens is 214 g/mol. The Hall–Kier alpha value is -1.51. The highest BCUT2D eigenvalue weighted by Gasteiger charge is 2.09. The molecule has 0 bridgehead atoms. The Labute approximate surface area is 103 Å². The lowest BCUT2D eigenvalue weighted by atomic mass is 10.1. The van der Waals surface area contributed by atoms with E-state index in [1.54, 1.807) is 0 Å². The van der Waals surface area contributed by atoms with Crippen molar-refractivity contribution >= 4 is 6.09 Å². The number of amides is 1. The van der Waals surface area contributed by atoms with Gasteiger partial charge in [-0.05, 0) is 18.9 Å². The number of unbranched alkanes of at least 4 members (excludes halogenated alkanes) is 2. The molecule has 0 fully saturated rings. The molecule has 0 aliphatic carbocycles. The first-order valence-corrected chi connectivity index (χ1v) is 6.22. The molecule has 0 aliphatic rings. The molecule has 3 heteroatoms. The number of alkyl carbamates (subject to hydrolysis) is 1. The zero-order valence-electron chi connectivity index (χ0n) is 10.6. The Bertz CT molecular complexity index is 324. The van der Waals surface area contributed by atoms with E-state index in [0.29, 0.717) is 6.61 Å². The van der Waals surface area contributed by atoms with Gasteiger partial charge in [0.05, 0.1) is 12.6 Å². The summed E-state index contributed by atoms with van der Waals surface area (Å²) in [5.74, 6) is 0. The van der Waals surface area contributed by atoms with Crippen LogP contribution < -0.4 is 5.32 Å². The number of rotatable bonds is 6. The number of carbonyl (C=O) groups excluding carboxylic acids is 1. The van der Waals surface area contributed by atoms with Crippen LogP contribution >= 0.6 is 0 Å². The van der Waals surface area contributed by atoms with Gasteiger partial charge in [-0.15, -0.1) is 0 Å². The fourth-order valence-corrected chi connectivity index (χ4v) is 1.56. The van der Waals surface area contributed by atoms with Crippen molar-refractivity contribution in [2.75, 3.05) is 6.61 Å². The van der Waals surface area contributed by atoms with Gasteiger partial charge < -0.3 is 10.1 Å². The van der Waals surface area contributed by atoms with Crippen LogP contribution in [0.4, 0.5) is 4.79 Å². The first-order valence-electron chi connectivity index (χ1n) is 6.22. The lowest BCUT2D eigenvalue weighted by molar-refractivity contribution is 0.141. The molecule has 1 rings (SSSR count). The van der Waals surface area contributed by atoms with E-state index in [1.807, 2.05) is 37.3 Å². The summed E-state index contributed by atoms with van der Waals surface area (Å²) in [6.45, 7) is 4.57. The highest BCUT2D eigenvalue weighted by atomic mass is 16.5. The van der Waals surface area contributed by atoms with Crippen molar-refractivity contribution in [3.8, 4) is 0 Å². The van der Waals surface area contributed by atoms with Gasteiger partial charge in [0.25, 0.3) is 0 Å². The van der Waals surface area contributed by atoms with Crippen LogP contribution in [0, 0.1) is 0 Å². The lowest BCUT2D eigenvalue weighted by Gasteiger charge is -2.14. The first-order chi connectivity index (χ1) is 8.24. The summed E-state index contributed by atoms with van der Waals surface area (Å²) >= 11 is 0. The summed E-state index contributed by atoms with van der Waals surface area (Å²) in [6, 6.07) is 9.83. The maximum Gasteiger partial charge on any atom is 0.407 e. The van der Waals surface area contributed by atoms with Crippen molar-refractivity contribution in [3.63, 3.8) is 0 Å². The number of benzene rings is 1. The van der Waals surface area contributed by atoms with Crippen LogP contribution in [0.2, 0.25) is 0 Å². The predicted molar refractivity (Wildman–Crippen MR) is 68.9 cm³/mol. The summed E-state index contributed by atoms with van der Waals surface area (Å²) in [4.78, 5) is 11.5. The topological polar surface area (TPSA) is 38.3 Å². The standard InChI is InChI=1S/C14H21NO2/c1-3-4-8-11-17-14(16)15-12(2)13-9-6-5-7-10-13/h5-7,9-10,12H,3-4,8,11H2,1-2H3,(H,15,16)/t12-/m1/s1. The van der Waals surface area contributed by atoms with E-state index in [9.17, 15) is 4.79 Å². The molecule has 1 aromatic rings. The van der Waals surface area contributed by atoms with E-state index in [0.717, 1.165) is 24.8 Å². The Kier molecular flexibility index (Phi) is 6.15. The number of carbonyl (C=O) groups is 1. The smallest absolute Gasteiger partial charge is 0.407 e. The number of hydrogen-bond acceptors (Lipinski definition) is 2. The third kappa shape index (κ3) is 5.38. The van der Waals surface area contributed by atoms with E-state index in [1.165, 1.54) is 0 Å². The fraction of sp³-hybridized carbons (Fsp3) is 0.500. The molecule has 0 saturated carbocycles. The Morgan fingerprint density at radius 1 is 1.29 bits per heavy atom. The molecule has 1 amide bonds. The number of hydrogen-bond donors (Lipinski definition) is 1. The van der Waals surface area contributed by atoms with Crippen LogP contribution in [-0.4, -0.2) is 12.7 Å². The summed E-state index contributed by atoms with van der Waals surface area (Å²) in [6.07, 6.45) is 2.83. The van der Waals surface area contributed by atoms with Crippen molar-refractivity contribution < 1.29 is 9.53 Å². The molecule has 0 saturated heterocycles. The zero-order valence-corrected chi connectivity index (χ0v) is 10.6. The van der Waals surface area contributed by atoms with Gasteiger partial charge >= 0.3 is 6.09 Å². The molecule has 17 heavy (non-hydrogen) atoms. The maximum atomic E-state index is 11.5. The molecule has 0 aliphatic heterocycles. The summed E-state index contributed by atoms with van der Waals surface area (Å²) in [5.41, 5.74) is 1.08. The molecule has 0 aromatic heterocycles. The van der Waals surface area contributed by atoms with Crippen molar-refractivity contribution in [3.05, 3.63) is 35.9 Å². The molecule has 0 spiro atoms. The van der Waals surface area contributed by atoms with Crippen LogP contribution in [-0.2, 0) is 4.74 Å². The zero-order chi connectivity index (χ0) is 12.5. The van der Waals surface area contributed by atoms with Gasteiger partial charge in [-0.1, -0.05) is 50.1 Å². The molecule has 0 heterocycles. The first kappa shape index (κ1) is 13.6. The van der Waals surface area contributed by atoms with Crippen LogP contribution in [0.3, 0.4) is 0 Å². The van der Waals surface area contributed by atoms with Gasteiger partial charge in [-0.3, -0.25) is 0 Å². The van der Waals surface area contributed by atoms with E-state index < -0.39 is 0 Å². The van der Waals surface area contributed by atoms with Crippen molar-refractivity contribution in [2.24, 2.45) is 0 Å².